The summed E-state index contributed by atoms with van der Waals surface area (Å²) in [6.07, 6.45) is -1.02. The van der Waals surface area contributed by atoms with Gasteiger partial charge in [-0.3, -0.25) is 9.10 Å². The Bertz CT molecular complexity index is 1230. The molecule has 32 heavy (non-hydrogen) atoms. The Balaban J connectivity index is 1.65. The molecule has 1 atom stereocenters. The number of thioether (sulfide) groups is 1. The topological polar surface area (TPSA) is 75.7 Å². The van der Waals surface area contributed by atoms with E-state index >= 15 is 0 Å². The molecule has 0 bridgehead atoms. The van der Waals surface area contributed by atoms with E-state index in [-0.39, 0.29) is 11.4 Å². The molecule has 166 valence electrons. The summed E-state index contributed by atoms with van der Waals surface area (Å²) in [5.41, 5.74) is 1.05. The van der Waals surface area contributed by atoms with E-state index in [2.05, 4.69) is 5.32 Å². The lowest BCUT2D eigenvalue weighted by molar-refractivity contribution is -0.122. The van der Waals surface area contributed by atoms with Gasteiger partial charge in [-0.15, -0.1) is 11.8 Å². The van der Waals surface area contributed by atoms with Gasteiger partial charge in [0.15, 0.2) is 6.10 Å². The molecule has 0 fully saturated rings. The van der Waals surface area contributed by atoms with E-state index in [4.69, 9.17) is 16.3 Å². The third kappa shape index (κ3) is 4.57. The Morgan fingerprint density at radius 3 is 2.53 bits per heavy atom. The number of carbonyl (C=O) groups excluding carboxylic acids is 1. The minimum absolute atomic E-state index is 0.0856. The van der Waals surface area contributed by atoms with Crippen LogP contribution < -0.4 is 14.4 Å². The van der Waals surface area contributed by atoms with E-state index < -0.39 is 22.0 Å². The zero-order valence-corrected chi connectivity index (χ0v) is 19.6. The fraction of sp³-hybridized carbons (Fsp3) is 0.174. The molecule has 4 rings (SSSR count). The summed E-state index contributed by atoms with van der Waals surface area (Å²) in [5, 5.41) is 3.33. The number of fused-ring (bicyclic) bond motifs is 1. The second-order valence-corrected chi connectivity index (χ2v) is 10.6. The molecule has 0 saturated heterocycles. The van der Waals surface area contributed by atoms with E-state index in [0.29, 0.717) is 22.1 Å². The average Bonchev–Trinajstić information content (AvgIpc) is 2.80. The molecule has 6 nitrogen and oxygen atoms in total. The van der Waals surface area contributed by atoms with Crippen LogP contribution in [0.15, 0.2) is 82.6 Å². The molecule has 1 N–H and O–H groups in total. The fourth-order valence-electron chi connectivity index (χ4n) is 3.36. The van der Waals surface area contributed by atoms with Gasteiger partial charge in [0.2, 0.25) is 0 Å². The maximum Gasteiger partial charge on any atom is 0.267 e. The summed E-state index contributed by atoms with van der Waals surface area (Å²) in [6, 6.07) is 20.2. The molecule has 0 spiro atoms. The fourth-order valence-corrected chi connectivity index (χ4v) is 5.73. The number of nitrogens with one attached hydrogen (secondary N) is 1. The Morgan fingerprint density at radius 1 is 1.09 bits per heavy atom. The van der Waals surface area contributed by atoms with Gasteiger partial charge in [0.05, 0.1) is 22.8 Å². The van der Waals surface area contributed by atoms with Crippen molar-refractivity contribution in [2.45, 2.75) is 22.8 Å². The van der Waals surface area contributed by atoms with Crippen LogP contribution in [-0.2, 0) is 14.8 Å². The second kappa shape index (κ2) is 9.44. The normalized spacial score (nSPS) is 15.6. The van der Waals surface area contributed by atoms with Crippen molar-refractivity contribution in [1.82, 2.24) is 0 Å². The first-order valence-electron chi connectivity index (χ1n) is 9.97. The predicted molar refractivity (Wildman–Crippen MR) is 128 cm³/mol. The van der Waals surface area contributed by atoms with Gasteiger partial charge in [0, 0.05) is 9.92 Å². The lowest BCUT2D eigenvalue weighted by Crippen LogP contribution is -2.48. The molecule has 3 aromatic carbocycles. The van der Waals surface area contributed by atoms with Gasteiger partial charge < -0.3 is 10.1 Å². The third-order valence-corrected chi connectivity index (χ3v) is 7.88. The summed E-state index contributed by atoms with van der Waals surface area (Å²) < 4.78 is 34.0. The van der Waals surface area contributed by atoms with E-state index in [9.17, 15) is 13.2 Å². The van der Waals surface area contributed by atoms with Crippen molar-refractivity contribution in [3.63, 3.8) is 0 Å². The number of halogens is 1. The monoisotopic (exact) mass is 488 g/mol. The number of sulfonamides is 1. The van der Waals surface area contributed by atoms with E-state index in [0.717, 1.165) is 10.6 Å². The molecule has 9 heteroatoms. The number of ether oxygens (including phenoxy) is 1. The molecule has 1 heterocycles. The van der Waals surface area contributed by atoms with Gasteiger partial charge in [0.25, 0.3) is 15.9 Å². The lowest BCUT2D eigenvalue weighted by Gasteiger charge is -2.34. The highest BCUT2D eigenvalue weighted by molar-refractivity contribution is 7.99. The first-order chi connectivity index (χ1) is 15.4. The van der Waals surface area contributed by atoms with Crippen molar-refractivity contribution in [2.75, 3.05) is 21.9 Å². The number of para-hydroxylation sites is 3. The Kier molecular flexibility index (Phi) is 6.64. The molecule has 3 aromatic rings. The molecule has 1 aliphatic rings. The average molecular weight is 489 g/mol. The molecule has 1 amide bonds. The van der Waals surface area contributed by atoms with Gasteiger partial charge in [-0.1, -0.05) is 42.8 Å². The Labute approximate surface area is 196 Å². The number of anilines is 2. The van der Waals surface area contributed by atoms with Crippen LogP contribution in [0.2, 0.25) is 5.02 Å². The van der Waals surface area contributed by atoms with Crippen molar-refractivity contribution >= 4 is 50.7 Å². The number of nitrogens with zero attached hydrogens (tertiary/aromatic N) is 1. The summed E-state index contributed by atoms with van der Waals surface area (Å²) in [4.78, 5) is 14.1. The van der Waals surface area contributed by atoms with Crippen molar-refractivity contribution in [3.8, 4) is 5.75 Å². The summed E-state index contributed by atoms with van der Waals surface area (Å²) in [6.45, 7) is 1.88. The van der Waals surface area contributed by atoms with Crippen LogP contribution in [0.25, 0.3) is 0 Å². The zero-order chi connectivity index (χ0) is 22.7. The van der Waals surface area contributed by atoms with Crippen LogP contribution in [0.5, 0.6) is 5.75 Å². The maximum absolute atomic E-state index is 13.4. The maximum atomic E-state index is 13.4. The van der Waals surface area contributed by atoms with Gasteiger partial charge in [0.1, 0.15) is 5.75 Å². The standard InChI is InChI=1S/C23H21ClN2O4S2/c1-2-31-22-10-6-3-7-18(22)25-23(27)21-15-26(19-8-4-5-9-20(19)30-21)32(28,29)17-13-11-16(24)12-14-17/h3-14,21H,2,15H2,1H3,(H,25,27). The molecule has 0 aliphatic carbocycles. The van der Waals surface area contributed by atoms with Crippen molar-refractivity contribution in [1.29, 1.82) is 0 Å². The lowest BCUT2D eigenvalue weighted by atomic mass is 10.2. The molecule has 1 unspecified atom stereocenters. The van der Waals surface area contributed by atoms with Crippen LogP contribution >= 0.6 is 23.4 Å². The van der Waals surface area contributed by atoms with Gasteiger partial charge in [-0.2, -0.15) is 0 Å². The molecular weight excluding hydrogens is 468 g/mol. The highest BCUT2D eigenvalue weighted by Gasteiger charge is 2.37. The molecule has 1 aliphatic heterocycles. The van der Waals surface area contributed by atoms with Gasteiger partial charge in [-0.25, -0.2) is 8.42 Å². The number of rotatable bonds is 6. The van der Waals surface area contributed by atoms with Gasteiger partial charge >= 0.3 is 0 Å². The van der Waals surface area contributed by atoms with Crippen LogP contribution in [0.4, 0.5) is 11.4 Å². The van der Waals surface area contributed by atoms with E-state index in [1.807, 2.05) is 31.2 Å². The van der Waals surface area contributed by atoms with Crippen LogP contribution in [-0.4, -0.2) is 32.7 Å². The molecule has 0 aromatic heterocycles. The zero-order valence-electron chi connectivity index (χ0n) is 17.2. The number of carbonyl (C=O) groups is 1. The first kappa shape index (κ1) is 22.5. The summed E-state index contributed by atoms with van der Waals surface area (Å²) >= 11 is 7.53. The van der Waals surface area contributed by atoms with Crippen LogP contribution in [0.1, 0.15) is 6.92 Å². The summed E-state index contributed by atoms with van der Waals surface area (Å²) in [7, 11) is -3.94. The molecule has 0 saturated carbocycles. The van der Waals surface area contributed by atoms with Crippen molar-refractivity contribution < 1.29 is 17.9 Å². The number of hydrogen-bond donors (Lipinski definition) is 1. The minimum atomic E-state index is -3.94. The Morgan fingerprint density at radius 2 is 1.78 bits per heavy atom. The van der Waals surface area contributed by atoms with E-state index in [1.165, 1.54) is 28.6 Å². The summed E-state index contributed by atoms with van der Waals surface area (Å²) in [5.74, 6) is 0.764. The SMILES string of the molecule is CCSc1ccccc1NC(=O)C1CN(S(=O)(=O)c2ccc(Cl)cc2)c2ccccc2O1. The van der Waals surface area contributed by atoms with E-state index in [1.54, 1.807) is 36.0 Å². The first-order valence-corrected chi connectivity index (χ1v) is 12.8. The third-order valence-electron chi connectivity index (χ3n) is 4.87. The number of amides is 1. The van der Waals surface area contributed by atoms with Crippen molar-refractivity contribution in [3.05, 3.63) is 77.8 Å². The molecule has 0 radical (unpaired) electrons. The second-order valence-electron chi connectivity index (χ2n) is 6.98. The van der Waals surface area contributed by atoms with Gasteiger partial charge in [-0.05, 0) is 54.3 Å². The Hall–Kier alpha value is -2.68. The highest BCUT2D eigenvalue weighted by atomic mass is 35.5. The van der Waals surface area contributed by atoms with Crippen LogP contribution in [0, 0.1) is 0 Å². The largest absolute Gasteiger partial charge is 0.476 e. The predicted octanol–water partition coefficient (Wildman–Crippen LogP) is 5.05. The van der Waals surface area contributed by atoms with Crippen LogP contribution in [0.3, 0.4) is 0 Å². The van der Waals surface area contributed by atoms with Crippen molar-refractivity contribution in [2.24, 2.45) is 0 Å². The number of hydrogen-bond acceptors (Lipinski definition) is 5. The number of benzene rings is 3. The molecular formula is C23H21ClN2O4S2. The smallest absolute Gasteiger partial charge is 0.267 e. The highest BCUT2D eigenvalue weighted by Crippen LogP contribution is 2.37. The quantitative estimate of drug-likeness (QED) is 0.491. The minimum Gasteiger partial charge on any atom is -0.476 e.